The van der Waals surface area contributed by atoms with Crippen molar-refractivity contribution >= 4 is 20.9 Å². The average molecular weight is 454 g/mol. The number of nitrogens with one attached hydrogen (secondary N) is 1. The molecule has 0 radical (unpaired) electrons. The number of aromatic amines is 1. The molecule has 1 unspecified atom stereocenters. The molecule has 5 rings (SSSR count). The van der Waals surface area contributed by atoms with Gasteiger partial charge in [-0.15, -0.1) is 0 Å². The monoisotopic (exact) mass is 453 g/mol. The minimum absolute atomic E-state index is 0.164. The molecular formula is C25H31N3O3S. The molecule has 170 valence electrons. The Morgan fingerprint density at radius 2 is 1.88 bits per heavy atom. The van der Waals surface area contributed by atoms with Gasteiger partial charge in [0.15, 0.2) is 0 Å². The van der Waals surface area contributed by atoms with Crippen molar-refractivity contribution in [2.45, 2.75) is 50.1 Å². The minimum atomic E-state index is -3.69. The second kappa shape index (κ2) is 8.21. The number of piperidine rings is 1. The SMILES string of the molecule is COc1cc(C)c2[nH]ccc2c1CN1CCC(C2CC2)C[C@H]1c1ccc(S(N)(=O)=O)cc1. The zero-order valence-electron chi connectivity index (χ0n) is 18.7. The van der Waals surface area contributed by atoms with Crippen LogP contribution in [0.5, 0.6) is 5.75 Å². The van der Waals surface area contributed by atoms with E-state index in [9.17, 15) is 8.42 Å². The van der Waals surface area contributed by atoms with E-state index in [1.165, 1.54) is 35.8 Å². The molecule has 3 aromatic rings. The maximum Gasteiger partial charge on any atom is 0.238 e. The summed E-state index contributed by atoms with van der Waals surface area (Å²) >= 11 is 0. The van der Waals surface area contributed by atoms with Gasteiger partial charge in [-0.1, -0.05) is 12.1 Å². The predicted molar refractivity (Wildman–Crippen MR) is 126 cm³/mol. The third-order valence-corrected chi connectivity index (χ3v) is 8.26. The van der Waals surface area contributed by atoms with Crippen molar-refractivity contribution in [3.05, 3.63) is 59.3 Å². The van der Waals surface area contributed by atoms with E-state index in [0.29, 0.717) is 0 Å². The van der Waals surface area contributed by atoms with Crippen molar-refractivity contribution in [1.82, 2.24) is 9.88 Å². The summed E-state index contributed by atoms with van der Waals surface area (Å²) in [6.45, 7) is 3.91. The highest BCUT2D eigenvalue weighted by molar-refractivity contribution is 7.89. The lowest BCUT2D eigenvalue weighted by Gasteiger charge is -2.40. The molecule has 1 aliphatic heterocycles. The number of sulfonamides is 1. The first-order chi connectivity index (χ1) is 15.3. The van der Waals surface area contributed by atoms with E-state index < -0.39 is 10.0 Å². The number of ether oxygens (including phenoxy) is 1. The molecule has 2 atom stereocenters. The van der Waals surface area contributed by atoms with Crippen LogP contribution in [0.25, 0.3) is 10.9 Å². The molecule has 0 spiro atoms. The minimum Gasteiger partial charge on any atom is -0.496 e. The number of aryl methyl sites for hydroxylation is 1. The highest BCUT2D eigenvalue weighted by Gasteiger charge is 2.38. The summed E-state index contributed by atoms with van der Waals surface area (Å²) in [6.07, 6.45) is 6.99. The van der Waals surface area contributed by atoms with Crippen LogP contribution in [-0.2, 0) is 16.6 Å². The van der Waals surface area contributed by atoms with Gasteiger partial charge in [0.05, 0.1) is 12.0 Å². The highest BCUT2D eigenvalue weighted by Crippen LogP contribution is 2.47. The van der Waals surface area contributed by atoms with Gasteiger partial charge >= 0.3 is 0 Å². The molecule has 2 heterocycles. The molecule has 1 saturated carbocycles. The predicted octanol–water partition coefficient (Wildman–Crippen LogP) is 4.50. The smallest absolute Gasteiger partial charge is 0.238 e. The van der Waals surface area contributed by atoms with Gasteiger partial charge in [-0.25, -0.2) is 13.6 Å². The number of primary sulfonamides is 1. The Bertz CT molecular complexity index is 1230. The van der Waals surface area contributed by atoms with E-state index in [1.807, 2.05) is 18.3 Å². The van der Waals surface area contributed by atoms with E-state index >= 15 is 0 Å². The maximum atomic E-state index is 11.7. The largest absolute Gasteiger partial charge is 0.496 e. The lowest BCUT2D eigenvalue weighted by Crippen LogP contribution is -2.37. The summed E-state index contributed by atoms with van der Waals surface area (Å²) in [7, 11) is -1.96. The molecule has 1 saturated heterocycles. The molecule has 0 bridgehead atoms. The molecule has 2 aliphatic rings. The standard InChI is InChI=1S/C25H31N3O3S/c1-16-13-24(31-2)22(21-9-11-27-25(16)21)15-28-12-10-19(17-3-4-17)14-23(28)18-5-7-20(8-6-18)32(26,29)30/h5-9,11,13,17,19,23,27H,3-4,10,12,14-15H2,1-2H3,(H2,26,29,30)/t19?,23-/m0/s1. The van der Waals surface area contributed by atoms with Crippen LogP contribution in [-0.4, -0.2) is 32.0 Å². The Kier molecular flexibility index (Phi) is 5.51. The van der Waals surface area contributed by atoms with Crippen LogP contribution in [0.1, 0.15) is 48.4 Å². The van der Waals surface area contributed by atoms with Crippen LogP contribution < -0.4 is 9.88 Å². The van der Waals surface area contributed by atoms with E-state index in [-0.39, 0.29) is 10.9 Å². The molecule has 1 aromatic heterocycles. The van der Waals surface area contributed by atoms with Crippen molar-refractivity contribution in [2.75, 3.05) is 13.7 Å². The van der Waals surface area contributed by atoms with Gasteiger partial charge in [-0.3, -0.25) is 4.90 Å². The third kappa shape index (κ3) is 4.05. The number of methoxy groups -OCH3 is 1. The summed E-state index contributed by atoms with van der Waals surface area (Å²) in [4.78, 5) is 6.06. The molecule has 32 heavy (non-hydrogen) atoms. The van der Waals surface area contributed by atoms with Crippen LogP contribution in [0.4, 0.5) is 0 Å². The fourth-order valence-electron chi connectivity index (χ4n) is 5.44. The van der Waals surface area contributed by atoms with E-state index in [2.05, 4.69) is 28.9 Å². The lowest BCUT2D eigenvalue weighted by atomic mass is 9.84. The van der Waals surface area contributed by atoms with Crippen LogP contribution in [0.2, 0.25) is 0 Å². The van der Waals surface area contributed by atoms with Crippen molar-refractivity contribution < 1.29 is 13.2 Å². The zero-order valence-corrected chi connectivity index (χ0v) is 19.5. The molecule has 6 nitrogen and oxygen atoms in total. The molecule has 0 amide bonds. The molecule has 1 aliphatic carbocycles. The Morgan fingerprint density at radius 3 is 2.53 bits per heavy atom. The van der Waals surface area contributed by atoms with E-state index in [0.717, 1.165) is 48.2 Å². The second-order valence-electron chi connectivity index (χ2n) is 9.36. The van der Waals surface area contributed by atoms with Gasteiger partial charge in [0, 0.05) is 35.2 Å². The number of fused-ring (bicyclic) bond motifs is 1. The van der Waals surface area contributed by atoms with Gasteiger partial charge in [0.25, 0.3) is 0 Å². The summed E-state index contributed by atoms with van der Waals surface area (Å²) in [5.41, 5.74) is 4.68. The summed E-state index contributed by atoms with van der Waals surface area (Å²) in [5, 5.41) is 6.52. The van der Waals surface area contributed by atoms with Gasteiger partial charge in [-0.05, 0) is 86.4 Å². The zero-order chi connectivity index (χ0) is 22.5. The summed E-state index contributed by atoms with van der Waals surface area (Å²) in [5.74, 6) is 2.51. The van der Waals surface area contributed by atoms with Crippen molar-refractivity contribution in [1.29, 1.82) is 0 Å². The first-order valence-corrected chi connectivity index (χ1v) is 12.9. The highest BCUT2D eigenvalue weighted by atomic mass is 32.2. The van der Waals surface area contributed by atoms with E-state index in [4.69, 9.17) is 9.88 Å². The molecule has 2 aromatic carbocycles. The molecule has 2 fully saturated rings. The van der Waals surface area contributed by atoms with Crippen molar-refractivity contribution in [3.63, 3.8) is 0 Å². The summed E-state index contributed by atoms with van der Waals surface area (Å²) in [6, 6.07) is 11.6. The fraction of sp³-hybridized carbons (Fsp3) is 0.440. The number of benzene rings is 2. The quantitative estimate of drug-likeness (QED) is 0.575. The van der Waals surface area contributed by atoms with Gasteiger partial charge in [0.2, 0.25) is 10.0 Å². The number of nitrogens with zero attached hydrogens (tertiary/aromatic N) is 1. The number of hydrogen-bond donors (Lipinski definition) is 2. The van der Waals surface area contributed by atoms with Crippen molar-refractivity contribution in [3.8, 4) is 5.75 Å². The first-order valence-electron chi connectivity index (χ1n) is 11.4. The number of rotatable bonds is 6. The van der Waals surface area contributed by atoms with Gasteiger partial charge in [-0.2, -0.15) is 0 Å². The van der Waals surface area contributed by atoms with Crippen LogP contribution in [0.3, 0.4) is 0 Å². The number of H-pyrrole nitrogens is 1. The maximum absolute atomic E-state index is 11.7. The van der Waals surface area contributed by atoms with Crippen LogP contribution in [0, 0.1) is 18.8 Å². The van der Waals surface area contributed by atoms with E-state index in [1.54, 1.807) is 19.2 Å². The van der Waals surface area contributed by atoms with Crippen molar-refractivity contribution in [2.24, 2.45) is 17.0 Å². The third-order valence-electron chi connectivity index (χ3n) is 7.33. The Hall–Kier alpha value is -2.35. The van der Waals surface area contributed by atoms with Crippen LogP contribution in [0.15, 0.2) is 47.5 Å². The number of hydrogen-bond acceptors (Lipinski definition) is 4. The molecule has 3 N–H and O–H groups in total. The number of aromatic nitrogens is 1. The second-order valence-corrected chi connectivity index (χ2v) is 10.9. The van der Waals surface area contributed by atoms with Gasteiger partial charge < -0.3 is 9.72 Å². The fourth-order valence-corrected chi connectivity index (χ4v) is 5.95. The topological polar surface area (TPSA) is 88.4 Å². The molecular weight excluding hydrogens is 422 g/mol. The van der Waals surface area contributed by atoms with Crippen LogP contribution >= 0.6 is 0 Å². The number of likely N-dealkylation sites (tertiary alicyclic amines) is 1. The summed E-state index contributed by atoms with van der Waals surface area (Å²) < 4.78 is 29.2. The lowest BCUT2D eigenvalue weighted by molar-refractivity contribution is 0.0953. The Morgan fingerprint density at radius 1 is 1.12 bits per heavy atom. The Balaban J connectivity index is 1.50. The average Bonchev–Trinajstić information content (AvgIpc) is 3.51. The van der Waals surface area contributed by atoms with Gasteiger partial charge in [0.1, 0.15) is 5.75 Å². The normalized spacial score (nSPS) is 22.3. The Labute approximate surface area is 189 Å². The number of nitrogens with two attached hydrogens (primary N) is 1. The molecule has 7 heteroatoms. The first kappa shape index (κ1) is 21.5.